The van der Waals surface area contributed by atoms with Crippen molar-refractivity contribution in [3.8, 4) is 11.5 Å². The van der Waals surface area contributed by atoms with E-state index in [2.05, 4.69) is 20.6 Å². The van der Waals surface area contributed by atoms with Crippen molar-refractivity contribution >= 4 is 16.9 Å². The normalized spacial score (nSPS) is 18.5. The van der Waals surface area contributed by atoms with Crippen molar-refractivity contribution in [2.45, 2.75) is 51.3 Å². The maximum atomic E-state index is 12.8. The van der Waals surface area contributed by atoms with Crippen LogP contribution in [0.3, 0.4) is 0 Å². The average Bonchev–Trinajstić information content (AvgIpc) is 3.54. The SMILES string of the molecule is COc1cc(OC)c2c(CC(=O)NCc3cn(C[C@H]4O[C@@H](n5cc(C)c(=O)[nH]c5=O)C[C@@H]4O)nn3)cc(=O)oc2c1. The molecule has 1 amide bonds. The average molecular weight is 569 g/mol. The summed E-state index contributed by atoms with van der Waals surface area (Å²) in [7, 11) is 2.94. The fourth-order valence-corrected chi connectivity index (χ4v) is 4.70. The quantitative estimate of drug-likeness (QED) is 0.226. The largest absolute Gasteiger partial charge is 0.496 e. The summed E-state index contributed by atoms with van der Waals surface area (Å²) in [4.78, 5) is 50.9. The van der Waals surface area contributed by atoms with Crippen LogP contribution in [0.4, 0.5) is 0 Å². The number of carbonyl (C=O) groups is 1. The van der Waals surface area contributed by atoms with E-state index in [1.54, 1.807) is 25.3 Å². The monoisotopic (exact) mass is 568 g/mol. The number of benzene rings is 1. The van der Waals surface area contributed by atoms with E-state index in [0.717, 1.165) is 0 Å². The van der Waals surface area contributed by atoms with Crippen LogP contribution in [0, 0.1) is 6.92 Å². The maximum absolute atomic E-state index is 12.8. The number of nitrogens with one attached hydrogen (secondary N) is 2. The second-order valence-corrected chi connectivity index (χ2v) is 9.59. The van der Waals surface area contributed by atoms with E-state index in [1.165, 1.54) is 35.7 Å². The third-order valence-corrected chi connectivity index (χ3v) is 6.75. The van der Waals surface area contributed by atoms with Gasteiger partial charge in [0.25, 0.3) is 5.56 Å². The van der Waals surface area contributed by atoms with Crippen molar-refractivity contribution in [3.05, 3.63) is 78.7 Å². The van der Waals surface area contributed by atoms with E-state index in [1.807, 2.05) is 0 Å². The van der Waals surface area contributed by atoms with Gasteiger partial charge in [-0.25, -0.2) is 14.3 Å². The lowest BCUT2D eigenvalue weighted by Gasteiger charge is -2.16. The Bertz CT molecular complexity index is 1770. The number of aliphatic hydroxyl groups excluding tert-OH is 1. The number of hydrogen-bond donors (Lipinski definition) is 3. The topological polar surface area (TPSA) is 193 Å². The van der Waals surface area contributed by atoms with Crippen LogP contribution in [0.2, 0.25) is 0 Å². The summed E-state index contributed by atoms with van der Waals surface area (Å²) in [6, 6.07) is 4.43. The predicted octanol–water partition coefficient (Wildman–Crippen LogP) is -0.232. The molecule has 4 heterocycles. The molecule has 0 bridgehead atoms. The van der Waals surface area contributed by atoms with Gasteiger partial charge in [0.15, 0.2) is 0 Å². The van der Waals surface area contributed by atoms with Crippen molar-refractivity contribution in [3.63, 3.8) is 0 Å². The maximum Gasteiger partial charge on any atom is 0.336 e. The zero-order valence-electron chi connectivity index (χ0n) is 22.4. The molecule has 1 aromatic carbocycles. The Hall–Kier alpha value is -4.76. The first-order chi connectivity index (χ1) is 19.6. The van der Waals surface area contributed by atoms with Gasteiger partial charge in [-0.05, 0) is 12.5 Å². The lowest BCUT2D eigenvalue weighted by Crippen LogP contribution is -2.33. The van der Waals surface area contributed by atoms with Gasteiger partial charge in [0.2, 0.25) is 5.91 Å². The van der Waals surface area contributed by atoms with Gasteiger partial charge < -0.3 is 29.1 Å². The summed E-state index contributed by atoms with van der Waals surface area (Å²) in [6.45, 7) is 1.78. The van der Waals surface area contributed by atoms with Crippen LogP contribution in [0.5, 0.6) is 11.5 Å². The number of hydrogen-bond acceptors (Lipinski definition) is 11. The van der Waals surface area contributed by atoms with Crippen LogP contribution in [0.15, 0.2) is 49.4 Å². The first-order valence-electron chi connectivity index (χ1n) is 12.6. The van der Waals surface area contributed by atoms with Gasteiger partial charge in [-0.2, -0.15) is 0 Å². The molecule has 15 heteroatoms. The van der Waals surface area contributed by atoms with Crippen LogP contribution in [0.25, 0.3) is 11.0 Å². The molecule has 216 valence electrons. The fourth-order valence-electron chi connectivity index (χ4n) is 4.70. The number of aliphatic hydroxyl groups is 1. The number of H-pyrrole nitrogens is 1. The van der Waals surface area contributed by atoms with E-state index in [-0.39, 0.29) is 37.4 Å². The predicted molar refractivity (Wildman–Crippen MR) is 142 cm³/mol. The van der Waals surface area contributed by atoms with Crippen molar-refractivity contribution < 1.29 is 28.5 Å². The summed E-state index contributed by atoms with van der Waals surface area (Å²) in [5.74, 6) is 0.463. The lowest BCUT2D eigenvalue weighted by atomic mass is 10.1. The Balaban J connectivity index is 1.21. The summed E-state index contributed by atoms with van der Waals surface area (Å²) >= 11 is 0. The second kappa shape index (κ2) is 11.4. The molecule has 15 nitrogen and oxygen atoms in total. The third-order valence-electron chi connectivity index (χ3n) is 6.75. The van der Waals surface area contributed by atoms with Crippen molar-refractivity contribution in [1.82, 2.24) is 29.9 Å². The molecule has 0 spiro atoms. The summed E-state index contributed by atoms with van der Waals surface area (Å²) in [5, 5.41) is 21.8. The summed E-state index contributed by atoms with van der Waals surface area (Å²) < 4.78 is 24.5. The molecule has 1 aliphatic rings. The number of aromatic nitrogens is 5. The molecule has 1 fully saturated rings. The highest BCUT2D eigenvalue weighted by Crippen LogP contribution is 2.33. The molecule has 1 aliphatic heterocycles. The number of methoxy groups -OCH3 is 2. The molecule has 3 N–H and O–H groups in total. The van der Waals surface area contributed by atoms with Crippen LogP contribution < -0.4 is 31.7 Å². The number of ether oxygens (including phenoxy) is 3. The molecule has 1 saturated heterocycles. The second-order valence-electron chi connectivity index (χ2n) is 9.59. The fraction of sp³-hybridized carbons (Fsp3) is 0.385. The van der Waals surface area contributed by atoms with Crippen molar-refractivity contribution in [2.75, 3.05) is 14.2 Å². The van der Waals surface area contributed by atoms with Gasteiger partial charge >= 0.3 is 11.3 Å². The number of fused-ring (bicyclic) bond motifs is 1. The number of carbonyl (C=O) groups excluding carboxylic acids is 1. The van der Waals surface area contributed by atoms with Crippen LogP contribution >= 0.6 is 0 Å². The minimum absolute atomic E-state index is 0.0614. The van der Waals surface area contributed by atoms with Crippen LogP contribution in [-0.4, -0.2) is 62.0 Å². The highest BCUT2D eigenvalue weighted by atomic mass is 16.5. The Morgan fingerprint density at radius 2 is 2.00 bits per heavy atom. The molecule has 0 radical (unpaired) electrons. The molecular formula is C26H28N6O9. The zero-order valence-corrected chi connectivity index (χ0v) is 22.4. The molecule has 41 heavy (non-hydrogen) atoms. The highest BCUT2D eigenvalue weighted by molar-refractivity contribution is 5.92. The number of aromatic amines is 1. The van der Waals surface area contributed by atoms with Gasteiger partial charge in [-0.1, -0.05) is 5.21 Å². The molecule has 0 unspecified atom stereocenters. The Morgan fingerprint density at radius 1 is 1.20 bits per heavy atom. The summed E-state index contributed by atoms with van der Waals surface area (Å²) in [5.41, 5.74) is -0.259. The third kappa shape index (κ3) is 5.90. The van der Waals surface area contributed by atoms with Gasteiger partial charge in [-0.3, -0.25) is 19.1 Å². The van der Waals surface area contributed by atoms with Gasteiger partial charge in [-0.15, -0.1) is 5.10 Å². The molecule has 3 aromatic heterocycles. The first kappa shape index (κ1) is 27.8. The Labute approximate surface area is 231 Å². The number of amides is 1. The Kier molecular flexibility index (Phi) is 7.72. The molecule has 4 aromatic rings. The zero-order chi connectivity index (χ0) is 29.3. The van der Waals surface area contributed by atoms with E-state index in [4.69, 9.17) is 18.6 Å². The number of nitrogens with zero attached hydrogens (tertiary/aromatic N) is 4. The Morgan fingerprint density at radius 3 is 2.76 bits per heavy atom. The van der Waals surface area contributed by atoms with Gasteiger partial charge in [0, 0.05) is 36.4 Å². The lowest BCUT2D eigenvalue weighted by molar-refractivity contribution is -0.120. The van der Waals surface area contributed by atoms with Crippen LogP contribution in [0.1, 0.15) is 29.5 Å². The van der Waals surface area contributed by atoms with Crippen molar-refractivity contribution in [1.29, 1.82) is 0 Å². The van der Waals surface area contributed by atoms with E-state index >= 15 is 0 Å². The van der Waals surface area contributed by atoms with E-state index < -0.39 is 35.3 Å². The standard InChI is InChI=1S/C26H28N6O9/c1-13-10-32(26(37)28-25(13)36)22-8-17(33)20(40-22)12-31-11-15(29-30-31)9-27-21(34)4-14-5-23(35)41-19-7-16(38-2)6-18(39-3)24(14)19/h5-7,10-11,17,20,22,33H,4,8-9,12H2,1-3H3,(H,27,34)(H,28,36,37)/t17-,20+,22+/m0/s1. The van der Waals surface area contributed by atoms with E-state index in [9.17, 15) is 24.3 Å². The first-order valence-corrected chi connectivity index (χ1v) is 12.6. The smallest absolute Gasteiger partial charge is 0.336 e. The van der Waals surface area contributed by atoms with Crippen LogP contribution in [-0.2, 0) is 29.0 Å². The molecule has 3 atom stereocenters. The molecule has 0 aliphatic carbocycles. The molecule has 0 saturated carbocycles. The van der Waals surface area contributed by atoms with Crippen molar-refractivity contribution in [2.24, 2.45) is 0 Å². The molecule has 5 rings (SSSR count). The van der Waals surface area contributed by atoms with Gasteiger partial charge in [0.1, 0.15) is 35.1 Å². The number of aryl methyl sites for hydroxylation is 1. The minimum atomic E-state index is -0.887. The van der Waals surface area contributed by atoms with E-state index in [0.29, 0.717) is 33.7 Å². The molecular weight excluding hydrogens is 540 g/mol. The minimum Gasteiger partial charge on any atom is -0.496 e. The number of rotatable bonds is 9. The van der Waals surface area contributed by atoms with Gasteiger partial charge in [0.05, 0.1) is 51.4 Å². The summed E-state index contributed by atoms with van der Waals surface area (Å²) in [6.07, 6.45) is 0.703. The highest BCUT2D eigenvalue weighted by Gasteiger charge is 2.36.